The molecule has 0 spiro atoms. The van der Waals surface area contributed by atoms with Crippen LogP contribution in [0.2, 0.25) is 0 Å². The molecule has 2 N–H and O–H groups in total. The molecule has 0 saturated carbocycles. The van der Waals surface area contributed by atoms with Gasteiger partial charge in [-0.05, 0) is 37.6 Å². The molecule has 0 bridgehead atoms. The van der Waals surface area contributed by atoms with Crippen molar-refractivity contribution in [3.63, 3.8) is 0 Å². The molecular formula is C13H19BrN2S. The van der Waals surface area contributed by atoms with Gasteiger partial charge in [-0.15, -0.1) is 0 Å². The minimum Gasteiger partial charge on any atom is -0.369 e. The van der Waals surface area contributed by atoms with Crippen molar-refractivity contribution in [2.75, 3.05) is 23.7 Å². The summed E-state index contributed by atoms with van der Waals surface area (Å²) in [6, 6.07) is 6.41. The summed E-state index contributed by atoms with van der Waals surface area (Å²) >= 11 is 5.56. The minimum atomic E-state index is 0.331. The van der Waals surface area contributed by atoms with Crippen molar-refractivity contribution in [1.82, 2.24) is 0 Å². The molecule has 0 amide bonds. The Bertz CT molecular complexity index is 406. The lowest BCUT2D eigenvalue weighted by atomic mass is 10.1. The van der Waals surface area contributed by atoms with E-state index < -0.39 is 0 Å². The van der Waals surface area contributed by atoms with E-state index in [1.807, 2.05) is 0 Å². The molecular weight excluding hydrogens is 296 g/mol. The molecule has 4 heteroatoms. The zero-order chi connectivity index (χ0) is 12.5. The molecule has 0 atom stereocenters. The molecule has 1 aromatic rings. The molecule has 1 aliphatic heterocycles. The second-order valence-electron chi connectivity index (χ2n) is 5.01. The van der Waals surface area contributed by atoms with Crippen LogP contribution in [-0.4, -0.2) is 23.6 Å². The molecule has 2 rings (SSSR count). The third kappa shape index (κ3) is 3.18. The summed E-state index contributed by atoms with van der Waals surface area (Å²) in [6.07, 6.45) is 0. The molecule has 2 nitrogen and oxygen atoms in total. The Kier molecular flexibility index (Phi) is 4.06. The van der Waals surface area contributed by atoms with E-state index in [0.29, 0.717) is 11.3 Å². The largest absolute Gasteiger partial charge is 0.369 e. The van der Waals surface area contributed by atoms with Crippen LogP contribution in [0.3, 0.4) is 0 Å². The third-order valence-electron chi connectivity index (χ3n) is 3.03. The molecule has 0 aliphatic carbocycles. The average Bonchev–Trinajstić information content (AvgIpc) is 2.27. The Labute approximate surface area is 116 Å². The Morgan fingerprint density at radius 2 is 2.24 bits per heavy atom. The van der Waals surface area contributed by atoms with Crippen molar-refractivity contribution in [2.24, 2.45) is 5.73 Å². The van der Waals surface area contributed by atoms with Crippen LogP contribution in [0.1, 0.15) is 19.4 Å². The quantitative estimate of drug-likeness (QED) is 0.908. The standard InChI is InChI=1S/C13H19BrN2S/c1-13(2)9-16(5-6-17-13)12-4-3-11(14)7-10(12)8-15/h3-4,7H,5-6,8-9,15H2,1-2H3. The van der Waals surface area contributed by atoms with Gasteiger partial charge in [-0.25, -0.2) is 0 Å². The zero-order valence-corrected chi connectivity index (χ0v) is 12.8. The Hall–Kier alpha value is -0.190. The topological polar surface area (TPSA) is 29.3 Å². The molecule has 1 heterocycles. The normalized spacial score (nSPS) is 19.4. The lowest BCUT2D eigenvalue weighted by molar-refractivity contribution is 0.645. The van der Waals surface area contributed by atoms with E-state index in [-0.39, 0.29) is 0 Å². The predicted molar refractivity (Wildman–Crippen MR) is 80.8 cm³/mol. The van der Waals surface area contributed by atoms with Crippen LogP contribution < -0.4 is 10.6 Å². The van der Waals surface area contributed by atoms with Gasteiger partial charge in [-0.2, -0.15) is 11.8 Å². The van der Waals surface area contributed by atoms with Gasteiger partial charge in [-0.1, -0.05) is 15.9 Å². The number of nitrogens with zero attached hydrogens (tertiary/aromatic N) is 1. The first-order valence-electron chi connectivity index (χ1n) is 5.89. The zero-order valence-electron chi connectivity index (χ0n) is 10.4. The molecule has 0 radical (unpaired) electrons. The first kappa shape index (κ1) is 13.2. The molecule has 94 valence electrons. The van der Waals surface area contributed by atoms with Gasteiger partial charge in [0.15, 0.2) is 0 Å². The van der Waals surface area contributed by atoms with Gasteiger partial charge in [-0.3, -0.25) is 0 Å². The molecule has 1 saturated heterocycles. The second kappa shape index (κ2) is 5.21. The van der Waals surface area contributed by atoms with E-state index in [4.69, 9.17) is 5.73 Å². The van der Waals surface area contributed by atoms with Crippen molar-refractivity contribution >= 4 is 33.4 Å². The number of nitrogens with two attached hydrogens (primary N) is 1. The highest BCUT2D eigenvalue weighted by molar-refractivity contribution is 9.10. The highest BCUT2D eigenvalue weighted by Gasteiger charge is 2.27. The molecule has 17 heavy (non-hydrogen) atoms. The Balaban J connectivity index is 2.27. The summed E-state index contributed by atoms with van der Waals surface area (Å²) in [5.41, 5.74) is 8.36. The first-order chi connectivity index (χ1) is 8.02. The summed E-state index contributed by atoms with van der Waals surface area (Å²) in [7, 11) is 0. The summed E-state index contributed by atoms with van der Waals surface area (Å²) in [6.45, 7) is 7.42. The molecule has 1 fully saturated rings. The van der Waals surface area contributed by atoms with Crippen LogP contribution in [-0.2, 0) is 6.54 Å². The van der Waals surface area contributed by atoms with Gasteiger partial charge in [0.25, 0.3) is 0 Å². The van der Waals surface area contributed by atoms with E-state index >= 15 is 0 Å². The Morgan fingerprint density at radius 1 is 1.47 bits per heavy atom. The van der Waals surface area contributed by atoms with Gasteiger partial charge >= 0.3 is 0 Å². The number of rotatable bonds is 2. The van der Waals surface area contributed by atoms with Crippen LogP contribution in [0.5, 0.6) is 0 Å². The monoisotopic (exact) mass is 314 g/mol. The summed E-state index contributed by atoms with van der Waals surface area (Å²) in [5.74, 6) is 1.19. The fourth-order valence-electron chi connectivity index (χ4n) is 2.25. The fraction of sp³-hybridized carbons (Fsp3) is 0.538. The first-order valence-corrected chi connectivity index (χ1v) is 7.67. The summed E-state index contributed by atoms with van der Waals surface area (Å²) in [4.78, 5) is 2.46. The number of anilines is 1. The van der Waals surface area contributed by atoms with Gasteiger partial charge in [0.1, 0.15) is 0 Å². The van der Waals surface area contributed by atoms with Crippen molar-refractivity contribution < 1.29 is 0 Å². The number of benzene rings is 1. The number of halogens is 1. The van der Waals surface area contributed by atoms with E-state index in [0.717, 1.165) is 17.6 Å². The maximum absolute atomic E-state index is 5.84. The minimum absolute atomic E-state index is 0.331. The van der Waals surface area contributed by atoms with E-state index in [9.17, 15) is 0 Å². The Morgan fingerprint density at radius 3 is 2.88 bits per heavy atom. The van der Waals surface area contributed by atoms with Crippen LogP contribution in [0.15, 0.2) is 22.7 Å². The van der Waals surface area contributed by atoms with E-state index in [2.05, 4.69) is 64.6 Å². The highest BCUT2D eigenvalue weighted by Crippen LogP contribution is 2.34. The van der Waals surface area contributed by atoms with Gasteiger partial charge < -0.3 is 10.6 Å². The van der Waals surface area contributed by atoms with Crippen LogP contribution in [0, 0.1) is 0 Å². The highest BCUT2D eigenvalue weighted by atomic mass is 79.9. The maximum Gasteiger partial charge on any atom is 0.0413 e. The summed E-state index contributed by atoms with van der Waals surface area (Å²) in [5, 5.41) is 0. The van der Waals surface area contributed by atoms with E-state index in [1.165, 1.54) is 17.0 Å². The van der Waals surface area contributed by atoms with Gasteiger partial charge in [0.05, 0.1) is 0 Å². The van der Waals surface area contributed by atoms with Gasteiger partial charge in [0, 0.05) is 40.3 Å². The maximum atomic E-state index is 5.84. The number of thioether (sulfide) groups is 1. The van der Waals surface area contributed by atoms with Crippen molar-refractivity contribution in [3.05, 3.63) is 28.2 Å². The third-order valence-corrected chi connectivity index (χ3v) is 4.82. The average molecular weight is 315 g/mol. The number of hydrogen-bond donors (Lipinski definition) is 1. The molecule has 1 aromatic carbocycles. The van der Waals surface area contributed by atoms with Crippen molar-refractivity contribution in [3.8, 4) is 0 Å². The van der Waals surface area contributed by atoms with Crippen molar-refractivity contribution in [2.45, 2.75) is 25.1 Å². The van der Waals surface area contributed by atoms with Crippen molar-refractivity contribution in [1.29, 1.82) is 0 Å². The van der Waals surface area contributed by atoms with Crippen LogP contribution >= 0.6 is 27.7 Å². The molecule has 0 unspecified atom stereocenters. The number of hydrogen-bond acceptors (Lipinski definition) is 3. The lowest BCUT2D eigenvalue weighted by Crippen LogP contribution is -2.43. The molecule has 0 aromatic heterocycles. The predicted octanol–water partition coefficient (Wildman–Crippen LogP) is 3.24. The lowest BCUT2D eigenvalue weighted by Gasteiger charge is -2.39. The smallest absolute Gasteiger partial charge is 0.0413 e. The van der Waals surface area contributed by atoms with Crippen LogP contribution in [0.25, 0.3) is 0 Å². The summed E-state index contributed by atoms with van der Waals surface area (Å²) < 4.78 is 1.43. The van der Waals surface area contributed by atoms with E-state index in [1.54, 1.807) is 0 Å². The fourth-order valence-corrected chi connectivity index (χ4v) is 3.77. The van der Waals surface area contributed by atoms with Gasteiger partial charge in [0.2, 0.25) is 0 Å². The second-order valence-corrected chi connectivity index (χ2v) is 7.72. The van der Waals surface area contributed by atoms with Crippen LogP contribution in [0.4, 0.5) is 5.69 Å². The molecule has 1 aliphatic rings. The SMILES string of the molecule is CC1(C)CN(c2ccc(Br)cc2CN)CCS1.